The number of likely N-dealkylation sites (tertiary alicyclic amines) is 1. The van der Waals surface area contributed by atoms with E-state index in [1.54, 1.807) is 7.05 Å². The molecular formula is C17H29N3O2. The molecule has 2 aliphatic rings. The van der Waals surface area contributed by atoms with Gasteiger partial charge in [-0.2, -0.15) is 0 Å². The molecule has 0 saturated carbocycles. The minimum Gasteiger partial charge on any atom is -0.359 e. The fraction of sp³-hybridized carbons (Fsp3) is 0.765. The quantitative estimate of drug-likeness (QED) is 0.730. The Balaban J connectivity index is 1.59. The first kappa shape index (κ1) is 17.0. The maximum Gasteiger partial charge on any atom is 0.234 e. The molecular weight excluding hydrogens is 278 g/mol. The molecule has 0 spiro atoms. The second-order valence-corrected chi connectivity index (χ2v) is 6.37. The number of hydrogen-bond acceptors (Lipinski definition) is 3. The predicted octanol–water partition coefficient (Wildman–Crippen LogP) is 1.45. The highest BCUT2D eigenvalue weighted by atomic mass is 16.2. The molecule has 0 aromatic heterocycles. The first-order valence-electron chi connectivity index (χ1n) is 8.57. The highest BCUT2D eigenvalue weighted by Crippen LogP contribution is 2.19. The topological polar surface area (TPSA) is 61.4 Å². The SMILES string of the molecule is CNC(=O)C1CCN(CC(=O)NCCC2=CCCCC2)CC1. The molecule has 1 aliphatic heterocycles. The zero-order chi connectivity index (χ0) is 15.8. The minimum atomic E-state index is 0.106. The van der Waals surface area contributed by atoms with Crippen LogP contribution in [0, 0.1) is 5.92 Å². The second kappa shape index (κ2) is 8.93. The van der Waals surface area contributed by atoms with Crippen molar-refractivity contribution < 1.29 is 9.59 Å². The number of nitrogens with one attached hydrogen (secondary N) is 2. The van der Waals surface area contributed by atoms with Crippen molar-refractivity contribution in [3.8, 4) is 0 Å². The van der Waals surface area contributed by atoms with Crippen molar-refractivity contribution in [1.29, 1.82) is 0 Å². The summed E-state index contributed by atoms with van der Waals surface area (Å²) in [6.07, 6.45) is 10.0. The van der Waals surface area contributed by atoms with E-state index in [9.17, 15) is 9.59 Å². The molecule has 5 heteroatoms. The van der Waals surface area contributed by atoms with Crippen LogP contribution in [0.25, 0.3) is 0 Å². The molecule has 2 amide bonds. The van der Waals surface area contributed by atoms with Crippen LogP contribution >= 0.6 is 0 Å². The lowest BCUT2D eigenvalue weighted by atomic mass is 9.96. The van der Waals surface area contributed by atoms with E-state index in [1.807, 2.05) is 0 Å². The molecule has 0 atom stereocenters. The zero-order valence-corrected chi connectivity index (χ0v) is 13.7. The third-order valence-corrected chi connectivity index (χ3v) is 4.73. The Kier molecular flexibility index (Phi) is 6.90. The summed E-state index contributed by atoms with van der Waals surface area (Å²) in [5.74, 6) is 0.349. The Morgan fingerprint density at radius 3 is 2.68 bits per heavy atom. The van der Waals surface area contributed by atoms with Gasteiger partial charge in [-0.25, -0.2) is 0 Å². The van der Waals surface area contributed by atoms with Crippen molar-refractivity contribution in [3.63, 3.8) is 0 Å². The van der Waals surface area contributed by atoms with Gasteiger partial charge in [0.1, 0.15) is 0 Å². The van der Waals surface area contributed by atoms with Gasteiger partial charge in [0.2, 0.25) is 11.8 Å². The maximum atomic E-state index is 12.0. The van der Waals surface area contributed by atoms with E-state index in [1.165, 1.54) is 31.3 Å². The van der Waals surface area contributed by atoms with Gasteiger partial charge in [0.25, 0.3) is 0 Å². The summed E-state index contributed by atoms with van der Waals surface area (Å²) in [5, 5.41) is 5.73. The van der Waals surface area contributed by atoms with E-state index in [4.69, 9.17) is 0 Å². The number of nitrogens with zero attached hydrogens (tertiary/aromatic N) is 1. The lowest BCUT2D eigenvalue weighted by Gasteiger charge is -2.30. The highest BCUT2D eigenvalue weighted by Gasteiger charge is 2.24. The van der Waals surface area contributed by atoms with Crippen LogP contribution in [0.15, 0.2) is 11.6 Å². The number of allylic oxidation sites excluding steroid dienone is 1. The van der Waals surface area contributed by atoms with Gasteiger partial charge in [-0.3, -0.25) is 14.5 Å². The van der Waals surface area contributed by atoms with Crippen molar-refractivity contribution in [2.75, 3.05) is 33.2 Å². The third kappa shape index (κ3) is 5.44. The van der Waals surface area contributed by atoms with Crippen LogP contribution in [0.5, 0.6) is 0 Å². The second-order valence-electron chi connectivity index (χ2n) is 6.37. The third-order valence-electron chi connectivity index (χ3n) is 4.73. The molecule has 2 N–H and O–H groups in total. The van der Waals surface area contributed by atoms with Crippen LogP contribution in [-0.4, -0.2) is 49.9 Å². The number of hydrogen-bond donors (Lipinski definition) is 2. The lowest BCUT2D eigenvalue weighted by Crippen LogP contribution is -2.44. The minimum absolute atomic E-state index is 0.106. The average molecular weight is 307 g/mol. The molecule has 22 heavy (non-hydrogen) atoms. The molecule has 0 aromatic carbocycles. The molecule has 0 bridgehead atoms. The van der Waals surface area contributed by atoms with Crippen molar-refractivity contribution in [1.82, 2.24) is 15.5 Å². The number of carbonyl (C=O) groups is 2. The van der Waals surface area contributed by atoms with Crippen LogP contribution in [0.3, 0.4) is 0 Å². The molecule has 0 radical (unpaired) electrons. The Labute approximate surface area is 133 Å². The van der Waals surface area contributed by atoms with Crippen LogP contribution in [-0.2, 0) is 9.59 Å². The fourth-order valence-electron chi connectivity index (χ4n) is 3.31. The first-order chi connectivity index (χ1) is 10.7. The first-order valence-corrected chi connectivity index (χ1v) is 8.57. The number of piperidine rings is 1. The molecule has 1 aliphatic carbocycles. The normalized spacial score (nSPS) is 20.3. The summed E-state index contributed by atoms with van der Waals surface area (Å²) in [4.78, 5) is 25.7. The molecule has 0 unspecified atom stereocenters. The van der Waals surface area contributed by atoms with Gasteiger partial charge in [-0.05, 0) is 58.0 Å². The average Bonchev–Trinajstić information content (AvgIpc) is 2.56. The van der Waals surface area contributed by atoms with Gasteiger partial charge in [0, 0.05) is 19.5 Å². The Morgan fingerprint density at radius 1 is 1.27 bits per heavy atom. The van der Waals surface area contributed by atoms with E-state index < -0.39 is 0 Å². The van der Waals surface area contributed by atoms with Gasteiger partial charge < -0.3 is 10.6 Å². The molecule has 2 rings (SSSR count). The summed E-state index contributed by atoms with van der Waals surface area (Å²) >= 11 is 0. The smallest absolute Gasteiger partial charge is 0.234 e. The summed E-state index contributed by atoms with van der Waals surface area (Å²) < 4.78 is 0. The van der Waals surface area contributed by atoms with Crippen LogP contribution in [0.4, 0.5) is 0 Å². The van der Waals surface area contributed by atoms with Gasteiger partial charge >= 0.3 is 0 Å². The Bertz CT molecular complexity index is 412. The monoisotopic (exact) mass is 307 g/mol. The van der Waals surface area contributed by atoms with Crippen LogP contribution in [0.1, 0.15) is 44.9 Å². The number of carbonyl (C=O) groups excluding carboxylic acids is 2. The van der Waals surface area contributed by atoms with Crippen LogP contribution in [0.2, 0.25) is 0 Å². The molecule has 124 valence electrons. The summed E-state index contributed by atoms with van der Waals surface area (Å²) in [7, 11) is 1.68. The van der Waals surface area contributed by atoms with E-state index >= 15 is 0 Å². The molecule has 0 aromatic rings. The number of rotatable bonds is 6. The van der Waals surface area contributed by atoms with Gasteiger partial charge in [-0.15, -0.1) is 0 Å². The highest BCUT2D eigenvalue weighted by molar-refractivity contribution is 5.79. The largest absolute Gasteiger partial charge is 0.359 e. The molecule has 1 saturated heterocycles. The summed E-state index contributed by atoms with van der Waals surface area (Å²) in [6.45, 7) is 2.87. The lowest BCUT2D eigenvalue weighted by molar-refractivity contribution is -0.126. The fourth-order valence-corrected chi connectivity index (χ4v) is 3.31. The van der Waals surface area contributed by atoms with Gasteiger partial charge in [0.15, 0.2) is 0 Å². The molecule has 1 heterocycles. The van der Waals surface area contributed by atoms with Gasteiger partial charge in [0.05, 0.1) is 6.54 Å². The summed E-state index contributed by atoms with van der Waals surface area (Å²) in [6, 6.07) is 0. The van der Waals surface area contributed by atoms with Crippen molar-refractivity contribution >= 4 is 11.8 Å². The predicted molar refractivity (Wildman–Crippen MR) is 87.4 cm³/mol. The zero-order valence-electron chi connectivity index (χ0n) is 13.7. The number of amides is 2. The summed E-state index contributed by atoms with van der Waals surface area (Å²) in [5.41, 5.74) is 1.50. The van der Waals surface area contributed by atoms with E-state index in [0.29, 0.717) is 6.54 Å². The van der Waals surface area contributed by atoms with Crippen LogP contribution < -0.4 is 10.6 Å². The molecule has 1 fully saturated rings. The molecule has 5 nitrogen and oxygen atoms in total. The van der Waals surface area contributed by atoms with Crippen molar-refractivity contribution in [3.05, 3.63) is 11.6 Å². The Hall–Kier alpha value is -1.36. The van der Waals surface area contributed by atoms with E-state index in [-0.39, 0.29) is 17.7 Å². The van der Waals surface area contributed by atoms with E-state index in [0.717, 1.165) is 38.9 Å². The van der Waals surface area contributed by atoms with E-state index in [2.05, 4.69) is 21.6 Å². The van der Waals surface area contributed by atoms with Gasteiger partial charge in [-0.1, -0.05) is 11.6 Å². The maximum absolute atomic E-state index is 12.0. The standard InChI is InChI=1S/C17H29N3O2/c1-18-17(22)15-8-11-20(12-9-15)13-16(21)19-10-7-14-5-3-2-4-6-14/h5,15H,2-4,6-13H2,1H3,(H,18,22)(H,19,21). The van der Waals surface area contributed by atoms with Crippen molar-refractivity contribution in [2.24, 2.45) is 5.92 Å². The van der Waals surface area contributed by atoms with Crippen molar-refractivity contribution in [2.45, 2.75) is 44.9 Å². The Morgan fingerprint density at radius 2 is 2.05 bits per heavy atom.